The summed E-state index contributed by atoms with van der Waals surface area (Å²) in [6, 6.07) is 8.81. The number of aliphatic hydroxyl groups excluding tert-OH is 1. The average Bonchev–Trinajstić information content (AvgIpc) is 2.38. The van der Waals surface area contributed by atoms with E-state index in [0.29, 0.717) is 28.6 Å². The van der Waals surface area contributed by atoms with E-state index < -0.39 is 6.10 Å². The molecule has 0 aliphatic carbocycles. The molecule has 4 nitrogen and oxygen atoms in total. The van der Waals surface area contributed by atoms with Gasteiger partial charge < -0.3 is 15.6 Å². The van der Waals surface area contributed by atoms with Crippen LogP contribution in [0.4, 0.5) is 5.82 Å². The van der Waals surface area contributed by atoms with Crippen molar-refractivity contribution in [2.45, 2.75) is 12.5 Å². The Morgan fingerprint density at radius 3 is 2.89 bits per heavy atom. The van der Waals surface area contributed by atoms with Gasteiger partial charge in [-0.25, -0.2) is 4.98 Å². The van der Waals surface area contributed by atoms with Crippen LogP contribution in [0, 0.1) is 0 Å². The first kappa shape index (κ1) is 13.6. The topological polar surface area (TPSA) is 68.4 Å². The lowest BCUT2D eigenvalue weighted by Gasteiger charge is -2.16. The van der Waals surface area contributed by atoms with Crippen molar-refractivity contribution in [3.8, 4) is 5.75 Å². The van der Waals surface area contributed by atoms with Crippen LogP contribution in [0.25, 0.3) is 0 Å². The lowest BCUT2D eigenvalue weighted by atomic mass is 10.0. The van der Waals surface area contributed by atoms with Crippen LogP contribution in [0.1, 0.15) is 17.2 Å². The second-order valence-electron chi connectivity index (χ2n) is 4.16. The normalized spacial score (nSPS) is 12.2. The molecule has 0 amide bonds. The van der Waals surface area contributed by atoms with Crippen LogP contribution in [-0.2, 0) is 6.42 Å². The fourth-order valence-corrected chi connectivity index (χ4v) is 2.26. The van der Waals surface area contributed by atoms with Gasteiger partial charge in [0.05, 0.1) is 18.2 Å². The Kier molecular flexibility index (Phi) is 4.24. The van der Waals surface area contributed by atoms with Crippen LogP contribution in [-0.4, -0.2) is 17.2 Å². The maximum Gasteiger partial charge on any atom is 0.126 e. The summed E-state index contributed by atoms with van der Waals surface area (Å²) in [5.41, 5.74) is 7.09. The summed E-state index contributed by atoms with van der Waals surface area (Å²) in [7, 11) is 1.55. The number of hydrogen-bond acceptors (Lipinski definition) is 4. The van der Waals surface area contributed by atoms with Crippen molar-refractivity contribution in [2.75, 3.05) is 12.8 Å². The SMILES string of the molecule is COc1cccc(Cl)c1C(O)Cc1ccnc(N)c1. The number of pyridine rings is 1. The molecule has 3 N–H and O–H groups in total. The van der Waals surface area contributed by atoms with E-state index in [1.165, 1.54) is 0 Å². The molecule has 0 fully saturated rings. The van der Waals surface area contributed by atoms with Gasteiger partial charge in [0.15, 0.2) is 0 Å². The average molecular weight is 279 g/mol. The summed E-state index contributed by atoms with van der Waals surface area (Å²) in [6.07, 6.45) is 1.25. The van der Waals surface area contributed by atoms with Crippen molar-refractivity contribution in [3.05, 3.63) is 52.7 Å². The van der Waals surface area contributed by atoms with E-state index in [4.69, 9.17) is 22.1 Å². The number of ether oxygens (including phenoxy) is 1. The molecule has 100 valence electrons. The molecule has 0 saturated heterocycles. The summed E-state index contributed by atoms with van der Waals surface area (Å²) in [4.78, 5) is 3.92. The molecule has 1 aromatic heterocycles. The molecule has 1 atom stereocenters. The quantitative estimate of drug-likeness (QED) is 0.902. The molecular formula is C14H15ClN2O2. The number of nitrogens with two attached hydrogens (primary N) is 1. The molecule has 0 aliphatic heterocycles. The lowest BCUT2D eigenvalue weighted by Crippen LogP contribution is -2.05. The van der Waals surface area contributed by atoms with E-state index in [-0.39, 0.29) is 0 Å². The van der Waals surface area contributed by atoms with Gasteiger partial charge in [-0.1, -0.05) is 17.7 Å². The monoisotopic (exact) mass is 278 g/mol. The maximum absolute atomic E-state index is 10.3. The molecule has 2 rings (SSSR count). The molecule has 0 aliphatic rings. The molecule has 0 bridgehead atoms. The molecule has 0 spiro atoms. The molecule has 19 heavy (non-hydrogen) atoms. The van der Waals surface area contributed by atoms with Gasteiger partial charge in [0, 0.05) is 18.2 Å². The van der Waals surface area contributed by atoms with Gasteiger partial charge in [-0.15, -0.1) is 0 Å². The molecule has 2 aromatic rings. The number of halogens is 1. The number of anilines is 1. The minimum Gasteiger partial charge on any atom is -0.496 e. The van der Waals surface area contributed by atoms with Gasteiger partial charge in [-0.05, 0) is 29.8 Å². The molecule has 5 heteroatoms. The Morgan fingerprint density at radius 1 is 1.42 bits per heavy atom. The number of hydrogen-bond donors (Lipinski definition) is 2. The molecule has 0 saturated carbocycles. The van der Waals surface area contributed by atoms with Gasteiger partial charge in [-0.2, -0.15) is 0 Å². The van der Waals surface area contributed by atoms with Crippen LogP contribution in [0.2, 0.25) is 5.02 Å². The first-order valence-electron chi connectivity index (χ1n) is 5.82. The van der Waals surface area contributed by atoms with E-state index in [9.17, 15) is 5.11 Å². The van der Waals surface area contributed by atoms with Crippen LogP contribution in [0.3, 0.4) is 0 Å². The largest absolute Gasteiger partial charge is 0.496 e. The third kappa shape index (κ3) is 3.16. The number of rotatable bonds is 4. The Labute approximate surface area is 116 Å². The second-order valence-corrected chi connectivity index (χ2v) is 4.57. The van der Waals surface area contributed by atoms with Gasteiger partial charge >= 0.3 is 0 Å². The van der Waals surface area contributed by atoms with Gasteiger partial charge in [0.25, 0.3) is 0 Å². The van der Waals surface area contributed by atoms with E-state index in [1.54, 1.807) is 37.6 Å². The highest BCUT2D eigenvalue weighted by atomic mass is 35.5. The fraction of sp³-hybridized carbons (Fsp3) is 0.214. The van der Waals surface area contributed by atoms with Crippen LogP contribution < -0.4 is 10.5 Å². The molecule has 1 heterocycles. The Hall–Kier alpha value is -1.78. The molecule has 0 radical (unpaired) electrons. The molecule has 1 aromatic carbocycles. The third-order valence-corrected chi connectivity index (χ3v) is 3.17. The lowest BCUT2D eigenvalue weighted by molar-refractivity contribution is 0.174. The summed E-state index contributed by atoms with van der Waals surface area (Å²) < 4.78 is 5.23. The summed E-state index contributed by atoms with van der Waals surface area (Å²) in [5.74, 6) is 0.998. The van der Waals surface area contributed by atoms with Crippen molar-refractivity contribution in [3.63, 3.8) is 0 Å². The number of methoxy groups -OCH3 is 1. The van der Waals surface area contributed by atoms with E-state index in [1.807, 2.05) is 6.07 Å². The second kappa shape index (κ2) is 5.91. The zero-order chi connectivity index (χ0) is 13.8. The van der Waals surface area contributed by atoms with E-state index in [0.717, 1.165) is 5.56 Å². The number of aromatic nitrogens is 1. The molecule has 1 unspecified atom stereocenters. The summed E-state index contributed by atoms with van der Waals surface area (Å²) in [5, 5.41) is 10.8. The van der Waals surface area contributed by atoms with Crippen molar-refractivity contribution >= 4 is 17.4 Å². The fourth-order valence-electron chi connectivity index (χ4n) is 1.97. The van der Waals surface area contributed by atoms with E-state index >= 15 is 0 Å². The standard InChI is InChI=1S/C14H15ClN2O2/c1-19-12-4-2-3-10(15)14(12)11(18)7-9-5-6-17-13(16)8-9/h2-6,8,11,18H,7H2,1H3,(H2,16,17). The van der Waals surface area contributed by atoms with Crippen molar-refractivity contribution in [2.24, 2.45) is 0 Å². The highest BCUT2D eigenvalue weighted by Crippen LogP contribution is 2.33. The van der Waals surface area contributed by atoms with Crippen LogP contribution in [0.15, 0.2) is 36.5 Å². The maximum atomic E-state index is 10.3. The Morgan fingerprint density at radius 2 is 2.21 bits per heavy atom. The Bertz CT molecular complexity index is 575. The first-order chi connectivity index (χ1) is 9.11. The van der Waals surface area contributed by atoms with Crippen LogP contribution in [0.5, 0.6) is 5.75 Å². The van der Waals surface area contributed by atoms with E-state index in [2.05, 4.69) is 4.98 Å². The smallest absolute Gasteiger partial charge is 0.126 e. The van der Waals surface area contributed by atoms with Crippen molar-refractivity contribution in [1.29, 1.82) is 0 Å². The highest BCUT2D eigenvalue weighted by molar-refractivity contribution is 6.31. The third-order valence-electron chi connectivity index (χ3n) is 2.84. The minimum atomic E-state index is -0.759. The first-order valence-corrected chi connectivity index (χ1v) is 6.20. The van der Waals surface area contributed by atoms with Gasteiger partial charge in [0.2, 0.25) is 0 Å². The number of nitrogen functional groups attached to an aromatic ring is 1. The highest BCUT2D eigenvalue weighted by Gasteiger charge is 2.17. The molecular weight excluding hydrogens is 264 g/mol. The van der Waals surface area contributed by atoms with Crippen LogP contribution >= 0.6 is 11.6 Å². The predicted molar refractivity (Wildman–Crippen MR) is 75.3 cm³/mol. The zero-order valence-electron chi connectivity index (χ0n) is 10.5. The Balaban J connectivity index is 2.27. The number of benzene rings is 1. The summed E-state index contributed by atoms with van der Waals surface area (Å²) >= 11 is 6.12. The predicted octanol–water partition coefficient (Wildman–Crippen LogP) is 2.60. The minimum absolute atomic E-state index is 0.396. The van der Waals surface area contributed by atoms with Crippen molar-refractivity contribution in [1.82, 2.24) is 4.98 Å². The number of aliphatic hydroxyl groups is 1. The number of nitrogens with zero attached hydrogens (tertiary/aromatic N) is 1. The van der Waals surface area contributed by atoms with Gasteiger partial charge in [-0.3, -0.25) is 0 Å². The zero-order valence-corrected chi connectivity index (χ0v) is 11.3. The summed E-state index contributed by atoms with van der Waals surface area (Å²) in [6.45, 7) is 0. The van der Waals surface area contributed by atoms with Crippen molar-refractivity contribution < 1.29 is 9.84 Å². The van der Waals surface area contributed by atoms with Gasteiger partial charge in [0.1, 0.15) is 11.6 Å².